The lowest BCUT2D eigenvalue weighted by Gasteiger charge is -1.97. The van der Waals surface area contributed by atoms with Gasteiger partial charge in [0.1, 0.15) is 0 Å². The summed E-state index contributed by atoms with van der Waals surface area (Å²) in [7, 11) is 0. The Labute approximate surface area is 79.5 Å². The first-order valence-corrected chi connectivity index (χ1v) is 3.98. The highest BCUT2D eigenvalue weighted by molar-refractivity contribution is 5.53. The Kier molecular flexibility index (Phi) is 2.76. The maximum atomic E-state index is 10.5. The van der Waals surface area contributed by atoms with E-state index in [1.54, 1.807) is 0 Å². The van der Waals surface area contributed by atoms with Gasteiger partial charge in [-0.1, -0.05) is 13.0 Å². The number of hydrogen-bond donors (Lipinski definition) is 0. The lowest BCUT2D eigenvalue weighted by atomic mass is 10.1. The number of benzene rings is 1. The SMILES string of the molecule is CCc1ccc([N+](=O)[O-])c([N+](=O)[O-])c1. The van der Waals surface area contributed by atoms with Crippen LogP contribution in [-0.4, -0.2) is 9.85 Å². The molecule has 0 amide bonds. The minimum Gasteiger partial charge on any atom is -0.258 e. The van der Waals surface area contributed by atoms with Crippen molar-refractivity contribution in [1.29, 1.82) is 0 Å². The first-order chi connectivity index (χ1) is 6.56. The van der Waals surface area contributed by atoms with Crippen LogP contribution in [0.15, 0.2) is 18.2 Å². The minimum absolute atomic E-state index is 0.450. The van der Waals surface area contributed by atoms with Crippen molar-refractivity contribution >= 4 is 11.4 Å². The molecule has 14 heavy (non-hydrogen) atoms. The largest absolute Gasteiger partial charge is 0.346 e. The summed E-state index contributed by atoms with van der Waals surface area (Å²) in [6, 6.07) is 3.92. The third kappa shape index (κ3) is 1.85. The van der Waals surface area contributed by atoms with Crippen molar-refractivity contribution in [2.75, 3.05) is 0 Å². The summed E-state index contributed by atoms with van der Waals surface area (Å²) in [5.74, 6) is 0. The Morgan fingerprint density at radius 1 is 1.14 bits per heavy atom. The zero-order valence-corrected chi connectivity index (χ0v) is 7.47. The van der Waals surface area contributed by atoms with Gasteiger partial charge in [-0.15, -0.1) is 0 Å². The van der Waals surface area contributed by atoms with E-state index in [-0.39, 0.29) is 0 Å². The first kappa shape index (κ1) is 10.1. The van der Waals surface area contributed by atoms with Crippen LogP contribution in [0.4, 0.5) is 11.4 Å². The summed E-state index contributed by atoms with van der Waals surface area (Å²) in [5.41, 5.74) is -0.205. The molecule has 0 fully saturated rings. The average Bonchev–Trinajstić information content (AvgIpc) is 2.16. The van der Waals surface area contributed by atoms with E-state index in [9.17, 15) is 20.2 Å². The average molecular weight is 196 g/mol. The molecule has 0 aliphatic rings. The standard InChI is InChI=1S/C8H8N2O4/c1-2-6-3-4-7(9(11)12)8(5-6)10(13)14/h3-5H,2H2,1H3. The van der Waals surface area contributed by atoms with Crippen LogP contribution in [0.5, 0.6) is 0 Å². The van der Waals surface area contributed by atoms with Crippen molar-refractivity contribution in [3.05, 3.63) is 44.0 Å². The molecule has 0 N–H and O–H groups in total. The summed E-state index contributed by atoms with van der Waals surface area (Å²) >= 11 is 0. The van der Waals surface area contributed by atoms with Crippen LogP contribution in [0.2, 0.25) is 0 Å². The Hall–Kier alpha value is -1.98. The van der Waals surface area contributed by atoms with Crippen LogP contribution in [0, 0.1) is 20.2 Å². The number of hydrogen-bond acceptors (Lipinski definition) is 4. The zero-order chi connectivity index (χ0) is 10.7. The highest BCUT2D eigenvalue weighted by Crippen LogP contribution is 2.27. The molecule has 6 heteroatoms. The van der Waals surface area contributed by atoms with Gasteiger partial charge in [-0.05, 0) is 12.0 Å². The van der Waals surface area contributed by atoms with Gasteiger partial charge in [0.2, 0.25) is 0 Å². The highest BCUT2D eigenvalue weighted by Gasteiger charge is 2.23. The first-order valence-electron chi connectivity index (χ1n) is 3.98. The van der Waals surface area contributed by atoms with Crippen LogP contribution in [0.25, 0.3) is 0 Å². The van der Waals surface area contributed by atoms with E-state index >= 15 is 0 Å². The van der Waals surface area contributed by atoms with Crippen LogP contribution in [0.3, 0.4) is 0 Å². The van der Waals surface area contributed by atoms with Gasteiger partial charge >= 0.3 is 11.4 Å². The van der Waals surface area contributed by atoms with E-state index in [2.05, 4.69) is 0 Å². The second-order valence-corrected chi connectivity index (χ2v) is 2.69. The van der Waals surface area contributed by atoms with E-state index < -0.39 is 21.2 Å². The number of aryl methyl sites for hydroxylation is 1. The van der Waals surface area contributed by atoms with Crippen molar-refractivity contribution < 1.29 is 9.85 Å². The van der Waals surface area contributed by atoms with Gasteiger partial charge < -0.3 is 0 Å². The van der Waals surface area contributed by atoms with Crippen molar-refractivity contribution in [2.24, 2.45) is 0 Å². The maximum Gasteiger partial charge on any atom is 0.346 e. The molecule has 0 unspecified atom stereocenters. The molecule has 0 radical (unpaired) electrons. The normalized spacial score (nSPS) is 9.79. The molecule has 0 heterocycles. The van der Waals surface area contributed by atoms with Crippen LogP contribution in [0.1, 0.15) is 12.5 Å². The predicted molar refractivity (Wildman–Crippen MR) is 49.1 cm³/mol. The Morgan fingerprint density at radius 2 is 1.71 bits per heavy atom. The molecule has 0 aromatic heterocycles. The van der Waals surface area contributed by atoms with Crippen LogP contribution < -0.4 is 0 Å². The van der Waals surface area contributed by atoms with Crippen molar-refractivity contribution in [3.63, 3.8) is 0 Å². The molecule has 1 aromatic rings. The highest BCUT2D eigenvalue weighted by atomic mass is 16.6. The second kappa shape index (κ2) is 3.82. The quantitative estimate of drug-likeness (QED) is 0.546. The lowest BCUT2D eigenvalue weighted by Crippen LogP contribution is -1.97. The third-order valence-electron chi connectivity index (χ3n) is 1.84. The molecule has 6 nitrogen and oxygen atoms in total. The fourth-order valence-corrected chi connectivity index (χ4v) is 1.09. The summed E-state index contributed by atoms with van der Waals surface area (Å²) < 4.78 is 0. The molecule has 0 aliphatic carbocycles. The molecule has 1 rings (SSSR count). The number of nitro benzene ring substituents is 2. The molecule has 0 aliphatic heterocycles. The monoisotopic (exact) mass is 196 g/mol. The molecule has 0 bridgehead atoms. The van der Waals surface area contributed by atoms with E-state index in [1.807, 2.05) is 6.92 Å². The van der Waals surface area contributed by atoms with Gasteiger partial charge in [0.15, 0.2) is 0 Å². The van der Waals surface area contributed by atoms with E-state index in [4.69, 9.17) is 0 Å². The van der Waals surface area contributed by atoms with Crippen LogP contribution >= 0.6 is 0 Å². The molecule has 0 atom stereocenters. The number of nitrogens with zero attached hydrogens (tertiary/aromatic N) is 2. The molecule has 74 valence electrons. The van der Waals surface area contributed by atoms with Crippen LogP contribution in [-0.2, 0) is 6.42 Å². The smallest absolute Gasteiger partial charge is 0.258 e. The topological polar surface area (TPSA) is 86.3 Å². The van der Waals surface area contributed by atoms with E-state index in [1.165, 1.54) is 12.1 Å². The summed E-state index contributed by atoms with van der Waals surface area (Å²) in [5, 5.41) is 20.9. The zero-order valence-electron chi connectivity index (χ0n) is 7.47. The number of rotatable bonds is 3. The van der Waals surface area contributed by atoms with Gasteiger partial charge in [-0.3, -0.25) is 20.2 Å². The minimum atomic E-state index is -0.752. The summed E-state index contributed by atoms with van der Waals surface area (Å²) in [6.07, 6.45) is 0.610. The molecule has 0 saturated carbocycles. The van der Waals surface area contributed by atoms with Crippen molar-refractivity contribution in [3.8, 4) is 0 Å². The van der Waals surface area contributed by atoms with Gasteiger partial charge in [0, 0.05) is 12.1 Å². The third-order valence-corrected chi connectivity index (χ3v) is 1.84. The van der Waals surface area contributed by atoms with Gasteiger partial charge in [0.25, 0.3) is 0 Å². The van der Waals surface area contributed by atoms with Gasteiger partial charge in [-0.2, -0.15) is 0 Å². The fourth-order valence-electron chi connectivity index (χ4n) is 1.09. The maximum absolute atomic E-state index is 10.5. The molecule has 0 saturated heterocycles. The van der Waals surface area contributed by atoms with Gasteiger partial charge in [-0.25, -0.2) is 0 Å². The number of nitro groups is 2. The Balaban J connectivity index is 3.31. The van der Waals surface area contributed by atoms with E-state index in [0.29, 0.717) is 12.0 Å². The van der Waals surface area contributed by atoms with Crippen molar-refractivity contribution in [2.45, 2.75) is 13.3 Å². The van der Waals surface area contributed by atoms with Gasteiger partial charge in [0.05, 0.1) is 9.85 Å². The summed E-state index contributed by atoms with van der Waals surface area (Å²) in [6.45, 7) is 1.82. The van der Waals surface area contributed by atoms with E-state index in [0.717, 1.165) is 6.07 Å². The fraction of sp³-hybridized carbons (Fsp3) is 0.250. The molecular formula is C8H8N2O4. The molecule has 0 spiro atoms. The predicted octanol–water partition coefficient (Wildman–Crippen LogP) is 2.07. The van der Waals surface area contributed by atoms with Crippen molar-refractivity contribution in [1.82, 2.24) is 0 Å². The second-order valence-electron chi connectivity index (χ2n) is 2.69. The molecular weight excluding hydrogens is 188 g/mol. The lowest BCUT2D eigenvalue weighted by molar-refractivity contribution is -0.422. The molecule has 1 aromatic carbocycles. The summed E-state index contributed by atoms with van der Waals surface area (Å²) in [4.78, 5) is 19.4. The Morgan fingerprint density at radius 3 is 2.14 bits per heavy atom. The Bertz CT molecular complexity index is 389.